The van der Waals surface area contributed by atoms with E-state index in [-0.39, 0.29) is 17.3 Å². The SMILES string of the molecule is CCNC(=O)c1nc(-c2ccc(C(F)(F)F)cc2)oc1-c1ccccc1. The third-order valence-electron chi connectivity index (χ3n) is 3.67. The van der Waals surface area contributed by atoms with Gasteiger partial charge in [0.25, 0.3) is 5.91 Å². The third kappa shape index (κ3) is 3.61. The van der Waals surface area contributed by atoms with Crippen molar-refractivity contribution < 1.29 is 22.4 Å². The first kappa shape index (κ1) is 17.7. The maximum absolute atomic E-state index is 12.7. The van der Waals surface area contributed by atoms with E-state index in [0.29, 0.717) is 17.7 Å². The molecule has 0 unspecified atom stereocenters. The Morgan fingerprint density at radius 2 is 1.69 bits per heavy atom. The van der Waals surface area contributed by atoms with Crippen LogP contribution in [0.1, 0.15) is 23.0 Å². The van der Waals surface area contributed by atoms with Gasteiger partial charge in [0.15, 0.2) is 11.5 Å². The number of nitrogens with one attached hydrogen (secondary N) is 1. The van der Waals surface area contributed by atoms with Crippen molar-refractivity contribution in [1.82, 2.24) is 10.3 Å². The van der Waals surface area contributed by atoms with E-state index in [1.165, 1.54) is 12.1 Å². The fourth-order valence-electron chi connectivity index (χ4n) is 2.43. The van der Waals surface area contributed by atoms with E-state index in [1.807, 2.05) is 6.07 Å². The number of carbonyl (C=O) groups is 1. The summed E-state index contributed by atoms with van der Waals surface area (Å²) in [5.41, 5.74) is 0.332. The molecule has 0 fully saturated rings. The van der Waals surface area contributed by atoms with E-state index in [9.17, 15) is 18.0 Å². The fourth-order valence-corrected chi connectivity index (χ4v) is 2.43. The van der Waals surface area contributed by atoms with Gasteiger partial charge in [0, 0.05) is 17.7 Å². The van der Waals surface area contributed by atoms with E-state index >= 15 is 0 Å². The highest BCUT2D eigenvalue weighted by molar-refractivity contribution is 5.98. The first-order valence-electron chi connectivity index (χ1n) is 7.92. The number of halogens is 3. The van der Waals surface area contributed by atoms with Crippen LogP contribution in [0.25, 0.3) is 22.8 Å². The Balaban J connectivity index is 2.05. The molecule has 1 aromatic heterocycles. The monoisotopic (exact) mass is 360 g/mol. The number of rotatable bonds is 4. The van der Waals surface area contributed by atoms with Crippen LogP contribution in [0.4, 0.5) is 13.2 Å². The van der Waals surface area contributed by atoms with Gasteiger partial charge >= 0.3 is 6.18 Å². The molecular formula is C19H15F3N2O2. The maximum Gasteiger partial charge on any atom is 0.416 e. The lowest BCUT2D eigenvalue weighted by atomic mass is 10.1. The van der Waals surface area contributed by atoms with Crippen LogP contribution in [0.3, 0.4) is 0 Å². The van der Waals surface area contributed by atoms with Gasteiger partial charge in [-0.25, -0.2) is 4.98 Å². The summed E-state index contributed by atoms with van der Waals surface area (Å²) in [4.78, 5) is 16.5. The molecule has 0 radical (unpaired) electrons. The van der Waals surface area contributed by atoms with E-state index in [0.717, 1.165) is 12.1 Å². The second kappa shape index (κ2) is 7.03. The van der Waals surface area contributed by atoms with Gasteiger partial charge < -0.3 is 9.73 Å². The molecule has 1 heterocycles. The van der Waals surface area contributed by atoms with Crippen molar-refractivity contribution in [3.63, 3.8) is 0 Å². The number of hydrogen-bond acceptors (Lipinski definition) is 3. The molecule has 4 nitrogen and oxygen atoms in total. The summed E-state index contributed by atoms with van der Waals surface area (Å²) >= 11 is 0. The quantitative estimate of drug-likeness (QED) is 0.729. The maximum atomic E-state index is 12.7. The minimum Gasteiger partial charge on any atom is -0.435 e. The minimum atomic E-state index is -4.42. The second-order valence-electron chi connectivity index (χ2n) is 5.50. The molecule has 0 saturated heterocycles. The molecule has 0 spiro atoms. The molecule has 134 valence electrons. The third-order valence-corrected chi connectivity index (χ3v) is 3.67. The van der Waals surface area contributed by atoms with Crippen LogP contribution in [0.2, 0.25) is 0 Å². The Labute approximate surface area is 147 Å². The molecule has 1 amide bonds. The number of aromatic nitrogens is 1. The van der Waals surface area contributed by atoms with Crippen LogP contribution in [0.15, 0.2) is 59.0 Å². The van der Waals surface area contributed by atoms with Gasteiger partial charge in [-0.05, 0) is 31.2 Å². The van der Waals surface area contributed by atoms with Crippen LogP contribution in [-0.4, -0.2) is 17.4 Å². The topological polar surface area (TPSA) is 55.1 Å². The summed E-state index contributed by atoms with van der Waals surface area (Å²) in [7, 11) is 0. The Morgan fingerprint density at radius 1 is 1.04 bits per heavy atom. The Kier molecular flexibility index (Phi) is 4.79. The first-order valence-corrected chi connectivity index (χ1v) is 7.92. The van der Waals surface area contributed by atoms with Crippen LogP contribution >= 0.6 is 0 Å². The van der Waals surface area contributed by atoms with E-state index in [2.05, 4.69) is 10.3 Å². The molecule has 2 aromatic carbocycles. The number of nitrogens with zero attached hydrogens (tertiary/aromatic N) is 1. The number of carbonyl (C=O) groups excluding carboxylic acids is 1. The molecule has 3 aromatic rings. The number of amides is 1. The molecule has 0 aliphatic carbocycles. The smallest absolute Gasteiger partial charge is 0.416 e. The lowest BCUT2D eigenvalue weighted by Crippen LogP contribution is -2.23. The van der Waals surface area contributed by atoms with E-state index < -0.39 is 17.6 Å². The van der Waals surface area contributed by atoms with Gasteiger partial charge in [0.05, 0.1) is 5.56 Å². The molecule has 3 rings (SSSR count). The molecular weight excluding hydrogens is 345 g/mol. The number of benzene rings is 2. The molecule has 0 aliphatic heterocycles. The minimum absolute atomic E-state index is 0.0823. The summed E-state index contributed by atoms with van der Waals surface area (Å²) in [6.45, 7) is 2.19. The zero-order valence-corrected chi connectivity index (χ0v) is 13.8. The Bertz CT molecular complexity index is 901. The van der Waals surface area contributed by atoms with Gasteiger partial charge in [-0.3, -0.25) is 4.79 Å². The summed E-state index contributed by atoms with van der Waals surface area (Å²) in [5, 5.41) is 2.66. The average Bonchev–Trinajstić information content (AvgIpc) is 3.07. The summed E-state index contributed by atoms with van der Waals surface area (Å²) in [6.07, 6.45) is -4.42. The summed E-state index contributed by atoms with van der Waals surface area (Å²) in [5.74, 6) is -0.0569. The highest BCUT2D eigenvalue weighted by Crippen LogP contribution is 2.33. The summed E-state index contributed by atoms with van der Waals surface area (Å²) in [6, 6.07) is 13.4. The van der Waals surface area contributed by atoms with Crippen molar-refractivity contribution in [3.8, 4) is 22.8 Å². The van der Waals surface area contributed by atoms with Crippen molar-refractivity contribution in [2.24, 2.45) is 0 Å². The van der Waals surface area contributed by atoms with Gasteiger partial charge in [-0.2, -0.15) is 13.2 Å². The highest BCUT2D eigenvalue weighted by Gasteiger charge is 2.30. The van der Waals surface area contributed by atoms with Gasteiger partial charge in [-0.1, -0.05) is 30.3 Å². The standard InChI is InChI=1S/C19H15F3N2O2/c1-2-23-17(25)15-16(12-6-4-3-5-7-12)26-18(24-15)13-8-10-14(11-9-13)19(20,21)22/h3-11H,2H2,1H3,(H,23,25). The second-order valence-corrected chi connectivity index (χ2v) is 5.50. The molecule has 0 aliphatic rings. The largest absolute Gasteiger partial charge is 0.435 e. The average molecular weight is 360 g/mol. The zero-order valence-electron chi connectivity index (χ0n) is 13.8. The van der Waals surface area contributed by atoms with Crippen LogP contribution in [0, 0.1) is 0 Å². The predicted octanol–water partition coefficient (Wildman–Crippen LogP) is 4.78. The van der Waals surface area contributed by atoms with Crippen molar-refractivity contribution in [3.05, 3.63) is 65.9 Å². The van der Waals surface area contributed by atoms with Crippen molar-refractivity contribution in [2.75, 3.05) is 6.54 Å². The fraction of sp³-hybridized carbons (Fsp3) is 0.158. The zero-order chi connectivity index (χ0) is 18.7. The first-order chi connectivity index (χ1) is 12.4. The van der Waals surface area contributed by atoms with Crippen LogP contribution in [-0.2, 0) is 6.18 Å². The normalized spacial score (nSPS) is 11.4. The van der Waals surface area contributed by atoms with Gasteiger partial charge in [-0.15, -0.1) is 0 Å². The van der Waals surface area contributed by atoms with Crippen molar-refractivity contribution in [1.29, 1.82) is 0 Å². The summed E-state index contributed by atoms with van der Waals surface area (Å²) < 4.78 is 43.9. The predicted molar refractivity (Wildman–Crippen MR) is 90.4 cm³/mol. The molecule has 1 N–H and O–H groups in total. The van der Waals surface area contributed by atoms with E-state index in [1.54, 1.807) is 31.2 Å². The lowest BCUT2D eigenvalue weighted by Gasteiger charge is -2.06. The van der Waals surface area contributed by atoms with Gasteiger partial charge in [0.2, 0.25) is 5.89 Å². The molecule has 26 heavy (non-hydrogen) atoms. The number of oxazole rings is 1. The molecule has 7 heteroatoms. The van der Waals surface area contributed by atoms with Crippen molar-refractivity contribution in [2.45, 2.75) is 13.1 Å². The molecule has 0 atom stereocenters. The highest BCUT2D eigenvalue weighted by atomic mass is 19.4. The van der Waals surface area contributed by atoms with E-state index in [4.69, 9.17) is 4.42 Å². The molecule has 0 bridgehead atoms. The Morgan fingerprint density at radius 3 is 2.27 bits per heavy atom. The Hall–Kier alpha value is -3.09. The lowest BCUT2D eigenvalue weighted by molar-refractivity contribution is -0.137. The number of alkyl halides is 3. The number of hydrogen-bond donors (Lipinski definition) is 1. The molecule has 0 saturated carbocycles. The van der Waals surface area contributed by atoms with Gasteiger partial charge in [0.1, 0.15) is 0 Å². The van der Waals surface area contributed by atoms with Crippen LogP contribution < -0.4 is 5.32 Å². The van der Waals surface area contributed by atoms with Crippen molar-refractivity contribution >= 4 is 5.91 Å². The van der Waals surface area contributed by atoms with Crippen LogP contribution in [0.5, 0.6) is 0 Å².